The predicted molar refractivity (Wildman–Crippen MR) is 101 cm³/mol. The molecule has 0 aliphatic carbocycles. The fourth-order valence-corrected chi connectivity index (χ4v) is 3.68. The zero-order valence-corrected chi connectivity index (χ0v) is 15.4. The summed E-state index contributed by atoms with van der Waals surface area (Å²) in [6.07, 6.45) is 7.50. The Morgan fingerprint density at radius 2 is 2.24 bits per heavy atom. The lowest BCUT2D eigenvalue weighted by molar-refractivity contribution is 0.281. The quantitative estimate of drug-likeness (QED) is 0.464. The molecule has 2 saturated heterocycles. The first kappa shape index (κ1) is 18.0. The minimum Gasteiger partial charge on any atom is -0.490 e. The van der Waals surface area contributed by atoms with Gasteiger partial charge < -0.3 is 19.9 Å². The van der Waals surface area contributed by atoms with Gasteiger partial charge in [-0.15, -0.1) is 0 Å². The largest absolute Gasteiger partial charge is 0.490 e. The summed E-state index contributed by atoms with van der Waals surface area (Å²) in [6.45, 7) is 10.3. The van der Waals surface area contributed by atoms with Crippen LogP contribution in [0.2, 0.25) is 0 Å². The first-order valence-electron chi connectivity index (χ1n) is 9.63. The van der Waals surface area contributed by atoms with Gasteiger partial charge in [0.15, 0.2) is 5.96 Å². The van der Waals surface area contributed by atoms with Crippen LogP contribution in [-0.4, -0.2) is 73.2 Å². The third-order valence-electron chi connectivity index (χ3n) is 4.89. The summed E-state index contributed by atoms with van der Waals surface area (Å²) in [4.78, 5) is 13.8. The Balaban J connectivity index is 1.45. The van der Waals surface area contributed by atoms with E-state index in [-0.39, 0.29) is 0 Å². The van der Waals surface area contributed by atoms with E-state index in [9.17, 15) is 0 Å². The first-order chi connectivity index (χ1) is 12.3. The molecule has 1 unspecified atom stereocenters. The highest BCUT2D eigenvalue weighted by molar-refractivity contribution is 5.80. The van der Waals surface area contributed by atoms with E-state index in [1.807, 2.05) is 12.1 Å². The number of likely N-dealkylation sites (tertiary alicyclic amines) is 2. The summed E-state index contributed by atoms with van der Waals surface area (Å²) >= 11 is 0. The van der Waals surface area contributed by atoms with Gasteiger partial charge in [-0.3, -0.25) is 4.98 Å². The number of hydrogen-bond acceptors (Lipinski definition) is 4. The Morgan fingerprint density at radius 1 is 1.36 bits per heavy atom. The maximum Gasteiger partial charge on any atom is 0.194 e. The van der Waals surface area contributed by atoms with Gasteiger partial charge in [-0.25, -0.2) is 4.99 Å². The van der Waals surface area contributed by atoms with E-state index in [0.29, 0.717) is 13.2 Å². The van der Waals surface area contributed by atoms with E-state index >= 15 is 0 Å². The number of pyridine rings is 1. The molecule has 3 heterocycles. The second kappa shape index (κ2) is 9.61. The summed E-state index contributed by atoms with van der Waals surface area (Å²) in [5.74, 6) is 2.60. The van der Waals surface area contributed by atoms with Crippen LogP contribution < -0.4 is 10.1 Å². The second-order valence-corrected chi connectivity index (χ2v) is 6.88. The number of guanidine groups is 1. The zero-order valence-electron chi connectivity index (χ0n) is 15.4. The summed E-state index contributed by atoms with van der Waals surface area (Å²) in [5, 5.41) is 3.43. The van der Waals surface area contributed by atoms with Crippen molar-refractivity contribution in [2.24, 2.45) is 10.9 Å². The van der Waals surface area contributed by atoms with Crippen LogP contribution in [-0.2, 0) is 0 Å². The lowest BCUT2D eigenvalue weighted by Crippen LogP contribution is -2.41. The molecule has 1 atom stereocenters. The van der Waals surface area contributed by atoms with Crippen molar-refractivity contribution in [1.29, 1.82) is 0 Å². The molecular formula is C19H31N5O. The van der Waals surface area contributed by atoms with E-state index in [4.69, 9.17) is 9.73 Å². The van der Waals surface area contributed by atoms with Gasteiger partial charge in [0.2, 0.25) is 0 Å². The Hall–Kier alpha value is -1.82. The van der Waals surface area contributed by atoms with Gasteiger partial charge in [-0.05, 0) is 57.3 Å². The first-order valence-corrected chi connectivity index (χ1v) is 9.63. The molecule has 2 aliphatic heterocycles. The molecule has 6 heteroatoms. The highest BCUT2D eigenvalue weighted by Gasteiger charge is 2.27. The molecule has 0 radical (unpaired) electrons. The van der Waals surface area contributed by atoms with Crippen LogP contribution >= 0.6 is 0 Å². The van der Waals surface area contributed by atoms with Gasteiger partial charge in [0.1, 0.15) is 12.4 Å². The van der Waals surface area contributed by atoms with E-state index < -0.39 is 0 Å². The molecule has 138 valence electrons. The van der Waals surface area contributed by atoms with Crippen LogP contribution in [0.25, 0.3) is 0 Å². The molecule has 1 N–H and O–H groups in total. The fraction of sp³-hybridized carbons (Fsp3) is 0.684. The van der Waals surface area contributed by atoms with Crippen molar-refractivity contribution in [2.75, 3.05) is 52.4 Å². The average molecular weight is 345 g/mol. The Labute approximate surface area is 151 Å². The second-order valence-electron chi connectivity index (χ2n) is 6.88. The highest BCUT2D eigenvalue weighted by Crippen LogP contribution is 2.20. The molecule has 2 fully saturated rings. The number of aliphatic imine (C=N–C) groups is 1. The Kier molecular flexibility index (Phi) is 6.91. The molecular weight excluding hydrogens is 314 g/mol. The van der Waals surface area contributed by atoms with Gasteiger partial charge in [0, 0.05) is 32.4 Å². The number of hydrogen-bond donors (Lipinski definition) is 1. The van der Waals surface area contributed by atoms with Gasteiger partial charge in [-0.1, -0.05) is 0 Å². The monoisotopic (exact) mass is 345 g/mol. The molecule has 0 amide bonds. The van der Waals surface area contributed by atoms with Crippen molar-refractivity contribution in [2.45, 2.75) is 26.2 Å². The fourth-order valence-electron chi connectivity index (χ4n) is 3.68. The number of nitrogens with zero attached hydrogens (tertiary/aromatic N) is 4. The third kappa shape index (κ3) is 5.59. The highest BCUT2D eigenvalue weighted by atomic mass is 16.5. The van der Waals surface area contributed by atoms with Crippen LogP contribution in [0, 0.1) is 5.92 Å². The van der Waals surface area contributed by atoms with Crippen LogP contribution in [0.4, 0.5) is 0 Å². The zero-order chi connectivity index (χ0) is 17.3. The van der Waals surface area contributed by atoms with Crippen LogP contribution in [0.1, 0.15) is 26.2 Å². The van der Waals surface area contributed by atoms with Crippen molar-refractivity contribution < 1.29 is 4.74 Å². The van der Waals surface area contributed by atoms with Crippen molar-refractivity contribution in [3.05, 3.63) is 24.5 Å². The van der Waals surface area contributed by atoms with Crippen molar-refractivity contribution in [1.82, 2.24) is 20.1 Å². The maximum absolute atomic E-state index is 5.68. The van der Waals surface area contributed by atoms with E-state index in [1.54, 1.807) is 12.4 Å². The molecule has 0 bridgehead atoms. The smallest absolute Gasteiger partial charge is 0.194 e. The minimum atomic E-state index is 0.575. The van der Waals surface area contributed by atoms with Crippen molar-refractivity contribution in [3.8, 4) is 5.75 Å². The standard InChI is InChI=1S/C19H31N5O/c1-2-21-19(22-9-13-25-18-6-5-8-20-14-18)24-12-7-17(16-24)15-23-10-3-4-11-23/h5-6,8,14,17H,2-4,7,9-13,15-16H2,1H3,(H,21,22). The van der Waals surface area contributed by atoms with Gasteiger partial charge in [-0.2, -0.15) is 0 Å². The summed E-state index contributed by atoms with van der Waals surface area (Å²) in [7, 11) is 0. The van der Waals surface area contributed by atoms with Gasteiger partial charge in [0.25, 0.3) is 0 Å². The summed E-state index contributed by atoms with van der Waals surface area (Å²) < 4.78 is 5.68. The molecule has 0 saturated carbocycles. The SMILES string of the molecule is CCNC(=NCCOc1cccnc1)N1CCC(CN2CCCC2)C1. The van der Waals surface area contributed by atoms with E-state index in [2.05, 4.69) is 27.0 Å². The van der Waals surface area contributed by atoms with Crippen LogP contribution in [0.5, 0.6) is 5.75 Å². The van der Waals surface area contributed by atoms with Crippen LogP contribution in [0.3, 0.4) is 0 Å². The molecule has 1 aromatic rings. The molecule has 2 aliphatic rings. The Morgan fingerprint density at radius 3 is 3.00 bits per heavy atom. The van der Waals surface area contributed by atoms with Crippen molar-refractivity contribution >= 4 is 5.96 Å². The molecule has 6 nitrogen and oxygen atoms in total. The number of nitrogens with one attached hydrogen (secondary N) is 1. The predicted octanol–water partition coefficient (Wildman–Crippen LogP) is 1.84. The van der Waals surface area contributed by atoms with E-state index in [0.717, 1.165) is 37.3 Å². The Bertz CT molecular complexity index is 530. The summed E-state index contributed by atoms with van der Waals surface area (Å²) in [6, 6.07) is 3.80. The summed E-state index contributed by atoms with van der Waals surface area (Å²) in [5.41, 5.74) is 0. The molecule has 0 spiro atoms. The third-order valence-corrected chi connectivity index (χ3v) is 4.89. The average Bonchev–Trinajstić information content (AvgIpc) is 3.31. The van der Waals surface area contributed by atoms with Crippen molar-refractivity contribution in [3.63, 3.8) is 0 Å². The molecule has 1 aromatic heterocycles. The molecule has 3 rings (SSSR count). The number of rotatable bonds is 7. The van der Waals surface area contributed by atoms with Gasteiger partial charge in [0.05, 0.1) is 12.7 Å². The number of aromatic nitrogens is 1. The van der Waals surface area contributed by atoms with Gasteiger partial charge >= 0.3 is 0 Å². The van der Waals surface area contributed by atoms with E-state index in [1.165, 1.54) is 38.9 Å². The van der Waals surface area contributed by atoms with Crippen LogP contribution in [0.15, 0.2) is 29.5 Å². The lowest BCUT2D eigenvalue weighted by atomic mass is 10.1. The normalized spacial score (nSPS) is 21.7. The number of ether oxygens (including phenoxy) is 1. The minimum absolute atomic E-state index is 0.575. The molecule has 0 aromatic carbocycles. The molecule has 25 heavy (non-hydrogen) atoms. The lowest BCUT2D eigenvalue weighted by Gasteiger charge is -2.23. The maximum atomic E-state index is 5.68. The topological polar surface area (TPSA) is 53.0 Å².